The molecule has 1 aromatic heterocycles. The van der Waals surface area contributed by atoms with Crippen LogP contribution < -0.4 is 5.32 Å². The van der Waals surface area contributed by atoms with Gasteiger partial charge in [-0.1, -0.05) is 73.3 Å². The van der Waals surface area contributed by atoms with Crippen LogP contribution in [0.1, 0.15) is 49.3 Å². The normalized spacial score (nSPS) is 14.5. The molecule has 0 bridgehead atoms. The van der Waals surface area contributed by atoms with Gasteiger partial charge in [0, 0.05) is 16.5 Å². The van der Waals surface area contributed by atoms with E-state index in [1.54, 1.807) is 18.3 Å². The highest BCUT2D eigenvalue weighted by atomic mass is 35.5. The lowest BCUT2D eigenvalue weighted by atomic mass is 9.86. The van der Waals surface area contributed by atoms with Crippen LogP contribution in [0.4, 0.5) is 5.82 Å². The summed E-state index contributed by atoms with van der Waals surface area (Å²) >= 11 is 5.93. The summed E-state index contributed by atoms with van der Waals surface area (Å²) in [5.74, 6) is 0.840. The van der Waals surface area contributed by atoms with Crippen LogP contribution in [-0.4, -0.2) is 15.9 Å². The van der Waals surface area contributed by atoms with Gasteiger partial charge in [-0.15, -0.1) is 0 Å². The monoisotopic (exact) mass is 405 g/mol. The first-order valence-electron chi connectivity index (χ1n) is 10.2. The van der Waals surface area contributed by atoms with Crippen molar-refractivity contribution in [2.75, 3.05) is 5.32 Å². The molecule has 4 rings (SSSR count). The van der Waals surface area contributed by atoms with E-state index in [4.69, 9.17) is 16.6 Å². The predicted octanol–water partition coefficient (Wildman–Crippen LogP) is 6.03. The minimum Gasteiger partial charge on any atom is -0.309 e. The summed E-state index contributed by atoms with van der Waals surface area (Å²) in [5.41, 5.74) is 3.72. The maximum Gasteiger partial charge on any atom is 0.229 e. The number of amides is 1. The molecule has 3 aromatic rings. The summed E-state index contributed by atoms with van der Waals surface area (Å²) < 4.78 is 0. The number of nitrogens with zero attached hydrogens (tertiary/aromatic N) is 2. The predicted molar refractivity (Wildman–Crippen MR) is 117 cm³/mol. The zero-order valence-corrected chi connectivity index (χ0v) is 17.0. The van der Waals surface area contributed by atoms with E-state index in [2.05, 4.69) is 10.3 Å². The molecule has 1 N–H and O–H groups in total. The number of carbonyl (C=O) groups excluding carboxylic acids is 1. The number of nitrogens with one attached hydrogen (secondary N) is 1. The van der Waals surface area contributed by atoms with Crippen molar-refractivity contribution in [1.82, 2.24) is 9.97 Å². The third-order valence-electron chi connectivity index (χ3n) is 5.40. The van der Waals surface area contributed by atoms with Crippen molar-refractivity contribution >= 4 is 23.3 Å². The van der Waals surface area contributed by atoms with Crippen LogP contribution in [-0.2, 0) is 11.2 Å². The summed E-state index contributed by atoms with van der Waals surface area (Å²) in [7, 11) is 0. The Labute approximate surface area is 176 Å². The number of hydrogen-bond donors (Lipinski definition) is 1. The Hall–Kier alpha value is -2.72. The summed E-state index contributed by atoms with van der Waals surface area (Å²) in [6, 6.07) is 17.4. The molecule has 0 radical (unpaired) electrons. The number of benzene rings is 2. The fraction of sp³-hybridized carbons (Fsp3) is 0.292. The first-order valence-corrected chi connectivity index (χ1v) is 10.5. The summed E-state index contributed by atoms with van der Waals surface area (Å²) in [4.78, 5) is 22.2. The molecule has 1 aliphatic rings. The van der Waals surface area contributed by atoms with Crippen molar-refractivity contribution in [3.05, 3.63) is 77.1 Å². The Balaban J connectivity index is 1.59. The maximum atomic E-state index is 12.6. The molecule has 1 saturated carbocycles. The number of carbonyl (C=O) groups is 1. The number of rotatable bonds is 5. The largest absolute Gasteiger partial charge is 0.309 e. The lowest BCUT2D eigenvalue weighted by Crippen LogP contribution is -2.19. The molecule has 0 atom stereocenters. The third-order valence-corrected chi connectivity index (χ3v) is 5.65. The molecule has 1 aliphatic carbocycles. The molecule has 1 heterocycles. The first kappa shape index (κ1) is 19.6. The Morgan fingerprint density at radius 3 is 2.45 bits per heavy atom. The average molecular weight is 406 g/mol. The van der Waals surface area contributed by atoms with Crippen LogP contribution in [0.3, 0.4) is 0 Å². The highest BCUT2D eigenvalue weighted by Crippen LogP contribution is 2.35. The van der Waals surface area contributed by atoms with Crippen molar-refractivity contribution in [1.29, 1.82) is 0 Å². The van der Waals surface area contributed by atoms with Gasteiger partial charge in [0.2, 0.25) is 5.91 Å². The number of aromatic nitrogens is 2. The summed E-state index contributed by atoms with van der Waals surface area (Å²) in [5, 5.41) is 3.67. The lowest BCUT2D eigenvalue weighted by molar-refractivity contribution is -0.115. The van der Waals surface area contributed by atoms with Crippen LogP contribution in [0, 0.1) is 0 Å². The number of anilines is 1. The van der Waals surface area contributed by atoms with E-state index >= 15 is 0 Å². The van der Waals surface area contributed by atoms with Gasteiger partial charge in [0.15, 0.2) is 5.82 Å². The lowest BCUT2D eigenvalue weighted by Gasteiger charge is -2.23. The second kappa shape index (κ2) is 9.19. The van der Waals surface area contributed by atoms with Crippen LogP contribution >= 0.6 is 11.6 Å². The van der Waals surface area contributed by atoms with Gasteiger partial charge in [0.25, 0.3) is 0 Å². The van der Waals surface area contributed by atoms with E-state index in [9.17, 15) is 4.79 Å². The minimum atomic E-state index is -0.0915. The van der Waals surface area contributed by atoms with E-state index in [1.807, 2.05) is 42.5 Å². The van der Waals surface area contributed by atoms with E-state index < -0.39 is 0 Å². The topological polar surface area (TPSA) is 54.9 Å². The van der Waals surface area contributed by atoms with Crippen molar-refractivity contribution in [2.24, 2.45) is 0 Å². The van der Waals surface area contributed by atoms with E-state index in [0.717, 1.165) is 35.4 Å². The van der Waals surface area contributed by atoms with Gasteiger partial charge in [0.1, 0.15) is 0 Å². The Morgan fingerprint density at radius 2 is 1.72 bits per heavy atom. The maximum absolute atomic E-state index is 12.6. The highest BCUT2D eigenvalue weighted by molar-refractivity contribution is 6.30. The molecule has 0 aliphatic heterocycles. The van der Waals surface area contributed by atoms with Gasteiger partial charge >= 0.3 is 0 Å². The molecular weight excluding hydrogens is 382 g/mol. The van der Waals surface area contributed by atoms with E-state index in [-0.39, 0.29) is 12.3 Å². The van der Waals surface area contributed by atoms with Gasteiger partial charge in [-0.2, -0.15) is 0 Å². The second-order valence-electron chi connectivity index (χ2n) is 7.54. The Kier molecular flexibility index (Phi) is 6.20. The zero-order chi connectivity index (χ0) is 20.1. The molecule has 0 spiro atoms. The van der Waals surface area contributed by atoms with E-state index in [0.29, 0.717) is 16.8 Å². The first-order chi connectivity index (χ1) is 14.2. The van der Waals surface area contributed by atoms with Gasteiger partial charge in [-0.05, 0) is 30.5 Å². The minimum absolute atomic E-state index is 0.0915. The van der Waals surface area contributed by atoms with Gasteiger partial charge < -0.3 is 5.32 Å². The molecule has 29 heavy (non-hydrogen) atoms. The fourth-order valence-corrected chi connectivity index (χ4v) is 4.00. The molecule has 0 saturated heterocycles. The van der Waals surface area contributed by atoms with Gasteiger partial charge in [-0.25, -0.2) is 9.97 Å². The molecule has 1 amide bonds. The SMILES string of the molecule is O=C(Cc1ccc(Cl)cc1)Nc1ncc(-c2ccccc2)nc1C1CCCCC1. The zero-order valence-electron chi connectivity index (χ0n) is 16.3. The molecule has 4 nitrogen and oxygen atoms in total. The van der Waals surface area contributed by atoms with Crippen LogP contribution in [0.15, 0.2) is 60.8 Å². The van der Waals surface area contributed by atoms with Crippen LogP contribution in [0.2, 0.25) is 5.02 Å². The van der Waals surface area contributed by atoms with Gasteiger partial charge in [-0.3, -0.25) is 4.79 Å². The molecular formula is C24H24ClN3O. The number of halogens is 1. The molecule has 2 aromatic carbocycles. The van der Waals surface area contributed by atoms with Crippen LogP contribution in [0.25, 0.3) is 11.3 Å². The number of hydrogen-bond acceptors (Lipinski definition) is 3. The smallest absolute Gasteiger partial charge is 0.229 e. The van der Waals surface area contributed by atoms with Crippen LogP contribution in [0.5, 0.6) is 0 Å². The molecule has 0 unspecified atom stereocenters. The summed E-state index contributed by atoms with van der Waals surface area (Å²) in [6.07, 6.45) is 7.86. The van der Waals surface area contributed by atoms with E-state index in [1.165, 1.54) is 19.3 Å². The fourth-order valence-electron chi connectivity index (χ4n) is 3.87. The highest BCUT2D eigenvalue weighted by Gasteiger charge is 2.23. The quantitative estimate of drug-likeness (QED) is 0.564. The van der Waals surface area contributed by atoms with Crippen molar-refractivity contribution in [3.8, 4) is 11.3 Å². The average Bonchev–Trinajstić information content (AvgIpc) is 2.77. The standard InChI is InChI=1S/C24H24ClN3O/c25-20-13-11-17(12-14-20)15-22(29)28-24-23(19-9-5-2-6-10-19)27-21(16-26-24)18-7-3-1-4-8-18/h1,3-4,7-8,11-14,16,19H,2,5-6,9-10,15H2,(H,26,28,29). The second-order valence-corrected chi connectivity index (χ2v) is 7.98. The summed E-state index contributed by atoms with van der Waals surface area (Å²) in [6.45, 7) is 0. The van der Waals surface area contributed by atoms with Crippen molar-refractivity contribution in [3.63, 3.8) is 0 Å². The Bertz CT molecular complexity index is 967. The molecule has 5 heteroatoms. The van der Waals surface area contributed by atoms with Crippen molar-refractivity contribution < 1.29 is 4.79 Å². The molecule has 148 valence electrons. The van der Waals surface area contributed by atoms with Crippen molar-refractivity contribution in [2.45, 2.75) is 44.4 Å². The van der Waals surface area contributed by atoms with Gasteiger partial charge in [0.05, 0.1) is 24.0 Å². The Morgan fingerprint density at radius 1 is 1.00 bits per heavy atom. The third kappa shape index (κ3) is 5.01. The molecule has 1 fully saturated rings.